The number of likely N-dealkylation sites (N-methyl/N-ethyl adjacent to an activating group) is 1. The van der Waals surface area contributed by atoms with Crippen LogP contribution in [0.4, 0.5) is 4.39 Å². The largest absolute Gasteiger partial charge is 0.349 e. The number of amides is 1. The number of aromatic amines is 1. The van der Waals surface area contributed by atoms with Crippen molar-refractivity contribution >= 4 is 5.91 Å². The van der Waals surface area contributed by atoms with E-state index in [0.29, 0.717) is 17.9 Å². The second-order valence-corrected chi connectivity index (χ2v) is 6.27. The maximum atomic E-state index is 13.0. The molecule has 1 amide bonds. The van der Waals surface area contributed by atoms with Gasteiger partial charge in [-0.1, -0.05) is 30.3 Å². The van der Waals surface area contributed by atoms with E-state index in [1.807, 2.05) is 44.4 Å². The van der Waals surface area contributed by atoms with Crippen molar-refractivity contribution in [3.63, 3.8) is 0 Å². The maximum absolute atomic E-state index is 13.0. The highest BCUT2D eigenvalue weighted by Gasteiger charge is 2.17. The Kier molecular flexibility index (Phi) is 5.43. The fourth-order valence-electron chi connectivity index (χ4n) is 2.76. The van der Waals surface area contributed by atoms with E-state index >= 15 is 0 Å². The number of aromatic nitrogens is 2. The summed E-state index contributed by atoms with van der Waals surface area (Å²) < 4.78 is 13.0. The van der Waals surface area contributed by atoms with Gasteiger partial charge < -0.3 is 10.2 Å². The van der Waals surface area contributed by atoms with E-state index in [4.69, 9.17) is 0 Å². The molecule has 3 aromatic rings. The monoisotopic (exact) mass is 352 g/mol. The van der Waals surface area contributed by atoms with Crippen LogP contribution in [0.2, 0.25) is 0 Å². The molecular formula is C20H21FN4O. The first kappa shape index (κ1) is 17.8. The molecule has 0 aliphatic heterocycles. The van der Waals surface area contributed by atoms with E-state index in [0.717, 1.165) is 11.1 Å². The Hall–Kier alpha value is -2.99. The SMILES string of the molecule is CN(C)C(CNC(=O)c1cc(-c2ccc(F)cc2)n[nH]1)c1ccccc1. The molecule has 0 spiro atoms. The minimum absolute atomic E-state index is 0.0691. The van der Waals surface area contributed by atoms with Gasteiger partial charge in [-0.2, -0.15) is 5.10 Å². The van der Waals surface area contributed by atoms with Crippen molar-refractivity contribution in [2.24, 2.45) is 0 Å². The zero-order valence-electron chi connectivity index (χ0n) is 14.7. The smallest absolute Gasteiger partial charge is 0.269 e. The Bertz CT molecular complexity index is 859. The van der Waals surface area contributed by atoms with Gasteiger partial charge >= 0.3 is 0 Å². The minimum Gasteiger partial charge on any atom is -0.349 e. The van der Waals surface area contributed by atoms with Crippen LogP contribution in [0.3, 0.4) is 0 Å². The summed E-state index contributed by atoms with van der Waals surface area (Å²) in [7, 11) is 3.96. The van der Waals surface area contributed by atoms with Gasteiger partial charge in [0.15, 0.2) is 0 Å². The Morgan fingerprint density at radius 3 is 2.50 bits per heavy atom. The van der Waals surface area contributed by atoms with E-state index in [1.54, 1.807) is 18.2 Å². The summed E-state index contributed by atoms with van der Waals surface area (Å²) in [5, 5.41) is 9.82. The Balaban J connectivity index is 1.67. The van der Waals surface area contributed by atoms with Crippen molar-refractivity contribution < 1.29 is 9.18 Å². The van der Waals surface area contributed by atoms with Crippen molar-refractivity contribution in [3.05, 3.63) is 77.7 Å². The molecule has 0 fully saturated rings. The summed E-state index contributed by atoms with van der Waals surface area (Å²) in [6, 6.07) is 17.7. The fraction of sp³-hybridized carbons (Fsp3) is 0.200. The second kappa shape index (κ2) is 7.93. The lowest BCUT2D eigenvalue weighted by Gasteiger charge is -2.25. The van der Waals surface area contributed by atoms with Gasteiger partial charge in [-0.25, -0.2) is 4.39 Å². The molecule has 2 aromatic carbocycles. The van der Waals surface area contributed by atoms with Gasteiger partial charge in [-0.05, 0) is 50.0 Å². The zero-order valence-corrected chi connectivity index (χ0v) is 14.7. The van der Waals surface area contributed by atoms with E-state index in [9.17, 15) is 9.18 Å². The second-order valence-electron chi connectivity index (χ2n) is 6.27. The standard InChI is InChI=1S/C20H21FN4O/c1-25(2)19(15-6-4-3-5-7-15)13-22-20(26)18-12-17(23-24-18)14-8-10-16(21)11-9-14/h3-12,19H,13H2,1-2H3,(H,22,26)(H,23,24). The quantitative estimate of drug-likeness (QED) is 0.716. The van der Waals surface area contributed by atoms with Crippen LogP contribution in [-0.4, -0.2) is 41.6 Å². The highest BCUT2D eigenvalue weighted by molar-refractivity contribution is 5.93. The number of halogens is 1. The number of hydrogen-bond donors (Lipinski definition) is 2. The number of H-pyrrole nitrogens is 1. The number of nitrogens with one attached hydrogen (secondary N) is 2. The predicted molar refractivity (Wildman–Crippen MR) is 99.2 cm³/mol. The highest BCUT2D eigenvalue weighted by atomic mass is 19.1. The molecule has 0 aliphatic rings. The lowest BCUT2D eigenvalue weighted by molar-refractivity contribution is 0.0937. The van der Waals surface area contributed by atoms with E-state index < -0.39 is 0 Å². The summed E-state index contributed by atoms with van der Waals surface area (Å²) in [6.07, 6.45) is 0. The maximum Gasteiger partial charge on any atom is 0.269 e. The molecule has 0 bridgehead atoms. The topological polar surface area (TPSA) is 61.0 Å². The molecule has 3 rings (SSSR count). The Morgan fingerprint density at radius 1 is 1.15 bits per heavy atom. The Morgan fingerprint density at radius 2 is 1.85 bits per heavy atom. The molecule has 1 aromatic heterocycles. The lowest BCUT2D eigenvalue weighted by atomic mass is 10.1. The van der Waals surface area contributed by atoms with Crippen LogP contribution in [0, 0.1) is 5.82 Å². The number of rotatable bonds is 6. The summed E-state index contributed by atoms with van der Waals surface area (Å²) in [4.78, 5) is 14.5. The minimum atomic E-state index is -0.308. The van der Waals surface area contributed by atoms with Gasteiger partial charge in [0.2, 0.25) is 0 Å². The van der Waals surface area contributed by atoms with Crippen LogP contribution >= 0.6 is 0 Å². The molecule has 1 atom stereocenters. The molecule has 0 radical (unpaired) electrons. The summed E-state index contributed by atoms with van der Waals surface area (Å²) in [5.74, 6) is -0.536. The molecule has 5 nitrogen and oxygen atoms in total. The molecular weight excluding hydrogens is 331 g/mol. The third-order valence-corrected chi connectivity index (χ3v) is 4.23. The number of carbonyl (C=O) groups is 1. The van der Waals surface area contributed by atoms with Gasteiger partial charge in [0, 0.05) is 12.1 Å². The molecule has 6 heteroatoms. The van der Waals surface area contributed by atoms with Crippen LogP contribution in [0.1, 0.15) is 22.1 Å². The first-order chi connectivity index (χ1) is 12.5. The van der Waals surface area contributed by atoms with Gasteiger partial charge in [0.05, 0.1) is 11.7 Å². The predicted octanol–water partition coefficient (Wildman–Crippen LogP) is 3.25. The van der Waals surface area contributed by atoms with Crippen molar-refractivity contribution in [2.45, 2.75) is 6.04 Å². The number of carbonyl (C=O) groups excluding carboxylic acids is 1. The van der Waals surface area contributed by atoms with Crippen LogP contribution in [0.15, 0.2) is 60.7 Å². The first-order valence-electron chi connectivity index (χ1n) is 8.35. The molecule has 134 valence electrons. The van der Waals surface area contributed by atoms with E-state index in [-0.39, 0.29) is 17.8 Å². The number of nitrogens with zero attached hydrogens (tertiary/aromatic N) is 2. The fourth-order valence-corrected chi connectivity index (χ4v) is 2.76. The van der Waals surface area contributed by atoms with Crippen LogP contribution in [0.25, 0.3) is 11.3 Å². The van der Waals surface area contributed by atoms with Gasteiger partial charge in [0.25, 0.3) is 5.91 Å². The number of hydrogen-bond acceptors (Lipinski definition) is 3. The molecule has 0 saturated heterocycles. The van der Waals surface area contributed by atoms with Crippen molar-refractivity contribution in [1.82, 2.24) is 20.4 Å². The number of benzene rings is 2. The van der Waals surface area contributed by atoms with E-state index in [1.165, 1.54) is 12.1 Å². The molecule has 2 N–H and O–H groups in total. The molecule has 1 unspecified atom stereocenters. The van der Waals surface area contributed by atoms with Crippen molar-refractivity contribution in [1.29, 1.82) is 0 Å². The summed E-state index contributed by atoms with van der Waals surface area (Å²) in [6.45, 7) is 0.473. The average molecular weight is 352 g/mol. The lowest BCUT2D eigenvalue weighted by Crippen LogP contribution is -2.34. The first-order valence-corrected chi connectivity index (χ1v) is 8.35. The molecule has 0 aliphatic carbocycles. The molecule has 1 heterocycles. The third-order valence-electron chi connectivity index (χ3n) is 4.23. The van der Waals surface area contributed by atoms with Gasteiger partial charge in [-0.15, -0.1) is 0 Å². The van der Waals surface area contributed by atoms with Crippen LogP contribution in [0.5, 0.6) is 0 Å². The summed E-state index contributed by atoms with van der Waals surface area (Å²) >= 11 is 0. The highest BCUT2D eigenvalue weighted by Crippen LogP contribution is 2.19. The van der Waals surface area contributed by atoms with Crippen molar-refractivity contribution in [2.75, 3.05) is 20.6 Å². The Labute approximate surface area is 151 Å². The summed E-state index contributed by atoms with van der Waals surface area (Å²) in [5.41, 5.74) is 2.85. The van der Waals surface area contributed by atoms with Crippen molar-refractivity contribution in [3.8, 4) is 11.3 Å². The third kappa shape index (κ3) is 4.15. The van der Waals surface area contributed by atoms with Crippen LogP contribution < -0.4 is 5.32 Å². The average Bonchev–Trinajstić information content (AvgIpc) is 3.13. The molecule has 26 heavy (non-hydrogen) atoms. The molecule has 0 saturated carbocycles. The van der Waals surface area contributed by atoms with Gasteiger partial charge in [0.1, 0.15) is 11.5 Å². The van der Waals surface area contributed by atoms with E-state index in [2.05, 4.69) is 20.4 Å². The van der Waals surface area contributed by atoms with Gasteiger partial charge in [-0.3, -0.25) is 9.89 Å². The normalized spacial score (nSPS) is 12.2. The zero-order chi connectivity index (χ0) is 18.5. The van der Waals surface area contributed by atoms with Crippen LogP contribution in [-0.2, 0) is 0 Å².